The first-order chi connectivity index (χ1) is 6.31. The fraction of sp³-hybridized carbons (Fsp3) is 0.182. The van der Waals surface area contributed by atoms with E-state index >= 15 is 0 Å². The Morgan fingerprint density at radius 3 is 2.38 bits per heavy atom. The maximum Gasteiger partial charge on any atom is 0.118 e. The van der Waals surface area contributed by atoms with Crippen LogP contribution in [0, 0.1) is 12.3 Å². The topological polar surface area (TPSA) is 21.6 Å². The number of terminal acetylenes is 1. The van der Waals surface area contributed by atoms with Crippen LogP contribution in [0.3, 0.4) is 0 Å². The van der Waals surface area contributed by atoms with Crippen LogP contribution in [0.5, 0.6) is 5.75 Å². The summed E-state index contributed by atoms with van der Waals surface area (Å²) in [6.45, 7) is 0. The van der Waals surface area contributed by atoms with Crippen molar-refractivity contribution in [3.63, 3.8) is 0 Å². The van der Waals surface area contributed by atoms with Crippen molar-refractivity contribution in [1.29, 1.82) is 0 Å². The van der Waals surface area contributed by atoms with Crippen LogP contribution < -0.4 is 4.74 Å². The Bertz CT molecular complexity index is 343. The van der Waals surface area contributed by atoms with E-state index in [9.17, 15) is 0 Å². The summed E-state index contributed by atoms with van der Waals surface area (Å²) in [4.78, 5) is 3.97. The van der Waals surface area contributed by atoms with Gasteiger partial charge in [-0.05, 0) is 24.3 Å². The van der Waals surface area contributed by atoms with Crippen molar-refractivity contribution in [2.45, 2.75) is 0 Å². The number of methoxy groups -OCH3 is 1. The number of benzene rings is 1. The third-order valence-electron chi connectivity index (χ3n) is 1.72. The van der Waals surface area contributed by atoms with Crippen molar-refractivity contribution >= 4 is 5.71 Å². The molecule has 0 bridgehead atoms. The van der Waals surface area contributed by atoms with E-state index in [2.05, 4.69) is 10.9 Å². The Morgan fingerprint density at radius 1 is 1.38 bits per heavy atom. The second-order valence-electron chi connectivity index (χ2n) is 2.45. The molecule has 0 amide bonds. The average molecular weight is 173 g/mol. The van der Waals surface area contributed by atoms with Gasteiger partial charge in [0, 0.05) is 12.6 Å². The number of nitrogens with zero attached hydrogens (tertiary/aromatic N) is 1. The molecule has 0 saturated heterocycles. The molecule has 0 unspecified atom stereocenters. The Hall–Kier alpha value is -1.75. The number of rotatable bonds is 2. The maximum absolute atomic E-state index is 5.27. The molecule has 0 aliphatic heterocycles. The minimum Gasteiger partial charge on any atom is -0.497 e. The highest BCUT2D eigenvalue weighted by Crippen LogP contribution is 2.11. The van der Waals surface area contributed by atoms with Crippen LogP contribution in [-0.4, -0.2) is 19.9 Å². The highest BCUT2D eigenvalue weighted by Gasteiger charge is 1.98. The van der Waals surface area contributed by atoms with Gasteiger partial charge in [0.05, 0.1) is 7.11 Å². The molecule has 0 aliphatic carbocycles. The smallest absolute Gasteiger partial charge is 0.118 e. The van der Waals surface area contributed by atoms with Gasteiger partial charge >= 0.3 is 0 Å². The summed E-state index contributed by atoms with van der Waals surface area (Å²) in [5.41, 5.74) is 1.59. The van der Waals surface area contributed by atoms with Crippen molar-refractivity contribution in [3.8, 4) is 18.1 Å². The van der Waals surface area contributed by atoms with Gasteiger partial charge in [0.15, 0.2) is 0 Å². The zero-order chi connectivity index (χ0) is 9.68. The van der Waals surface area contributed by atoms with Gasteiger partial charge in [-0.15, -0.1) is 6.42 Å². The van der Waals surface area contributed by atoms with Gasteiger partial charge in [0.25, 0.3) is 0 Å². The van der Waals surface area contributed by atoms with E-state index in [-0.39, 0.29) is 0 Å². The zero-order valence-corrected chi connectivity index (χ0v) is 7.74. The molecule has 66 valence electrons. The lowest BCUT2D eigenvalue weighted by Crippen LogP contribution is -1.96. The summed E-state index contributed by atoms with van der Waals surface area (Å²) < 4.78 is 5.02. The van der Waals surface area contributed by atoms with Crippen molar-refractivity contribution in [1.82, 2.24) is 0 Å². The second-order valence-corrected chi connectivity index (χ2v) is 2.45. The fourth-order valence-electron chi connectivity index (χ4n) is 1.03. The maximum atomic E-state index is 5.27. The van der Waals surface area contributed by atoms with E-state index in [4.69, 9.17) is 11.2 Å². The molecular weight excluding hydrogens is 162 g/mol. The monoisotopic (exact) mass is 173 g/mol. The third kappa shape index (κ3) is 2.09. The summed E-state index contributed by atoms with van der Waals surface area (Å²) in [6, 6.07) is 7.50. The number of aliphatic imine (C=N–C) groups is 1. The SMILES string of the molecule is C#CC(=NC)c1ccc(OC)cc1. The molecule has 0 spiro atoms. The summed E-state index contributed by atoms with van der Waals surface area (Å²) in [5.74, 6) is 3.33. The second kappa shape index (κ2) is 4.32. The predicted octanol–water partition coefficient (Wildman–Crippen LogP) is 1.75. The quantitative estimate of drug-likeness (QED) is 0.493. The number of ether oxygens (including phenoxy) is 1. The van der Waals surface area contributed by atoms with Crippen LogP contribution in [0.1, 0.15) is 5.56 Å². The van der Waals surface area contributed by atoms with E-state index in [1.54, 1.807) is 14.2 Å². The van der Waals surface area contributed by atoms with E-state index in [1.165, 1.54) is 0 Å². The lowest BCUT2D eigenvalue weighted by atomic mass is 10.1. The van der Waals surface area contributed by atoms with Gasteiger partial charge < -0.3 is 4.74 Å². The number of hydrogen-bond acceptors (Lipinski definition) is 2. The molecule has 0 aliphatic rings. The Morgan fingerprint density at radius 2 is 2.00 bits per heavy atom. The van der Waals surface area contributed by atoms with Crippen molar-refractivity contribution in [2.24, 2.45) is 4.99 Å². The number of hydrogen-bond donors (Lipinski definition) is 0. The van der Waals surface area contributed by atoms with Crippen molar-refractivity contribution < 1.29 is 4.74 Å². The lowest BCUT2D eigenvalue weighted by molar-refractivity contribution is 0.415. The lowest BCUT2D eigenvalue weighted by Gasteiger charge is -2.01. The summed E-state index contributed by atoms with van der Waals surface area (Å²) in [6.07, 6.45) is 5.27. The van der Waals surface area contributed by atoms with Gasteiger partial charge in [0.1, 0.15) is 11.5 Å². The zero-order valence-electron chi connectivity index (χ0n) is 7.74. The van der Waals surface area contributed by atoms with Gasteiger partial charge in [-0.2, -0.15) is 0 Å². The van der Waals surface area contributed by atoms with Crippen LogP contribution in [0.25, 0.3) is 0 Å². The normalized spacial score (nSPS) is 10.7. The molecule has 0 saturated carbocycles. The van der Waals surface area contributed by atoms with Crippen molar-refractivity contribution in [2.75, 3.05) is 14.2 Å². The molecule has 0 aromatic heterocycles. The Labute approximate surface area is 78.3 Å². The van der Waals surface area contributed by atoms with Crippen LogP contribution in [0.15, 0.2) is 29.3 Å². The first kappa shape index (κ1) is 9.34. The summed E-state index contributed by atoms with van der Waals surface area (Å²) in [7, 11) is 3.31. The summed E-state index contributed by atoms with van der Waals surface area (Å²) >= 11 is 0. The first-order valence-corrected chi connectivity index (χ1v) is 3.89. The largest absolute Gasteiger partial charge is 0.497 e. The molecule has 1 aromatic carbocycles. The van der Waals surface area contributed by atoms with Gasteiger partial charge in [-0.1, -0.05) is 5.92 Å². The van der Waals surface area contributed by atoms with E-state index < -0.39 is 0 Å². The molecule has 0 N–H and O–H groups in total. The van der Waals surface area contributed by atoms with Crippen LogP contribution in [0.4, 0.5) is 0 Å². The molecule has 2 heteroatoms. The van der Waals surface area contributed by atoms with Crippen molar-refractivity contribution in [3.05, 3.63) is 29.8 Å². The minimum atomic E-state index is 0.655. The molecule has 0 heterocycles. The van der Waals surface area contributed by atoms with E-state index in [0.717, 1.165) is 11.3 Å². The third-order valence-corrected chi connectivity index (χ3v) is 1.72. The highest BCUT2D eigenvalue weighted by atomic mass is 16.5. The van der Waals surface area contributed by atoms with Gasteiger partial charge in [-0.3, -0.25) is 4.99 Å². The standard InChI is InChI=1S/C11H11NO/c1-4-11(12-2)9-5-7-10(13-3)8-6-9/h1,5-8H,2-3H3. The van der Waals surface area contributed by atoms with Gasteiger partial charge in [0.2, 0.25) is 0 Å². The van der Waals surface area contributed by atoms with Crippen LogP contribution >= 0.6 is 0 Å². The van der Waals surface area contributed by atoms with Crippen LogP contribution in [-0.2, 0) is 0 Å². The van der Waals surface area contributed by atoms with Crippen LogP contribution in [0.2, 0.25) is 0 Å². The predicted molar refractivity (Wildman–Crippen MR) is 54.3 cm³/mol. The van der Waals surface area contributed by atoms with Gasteiger partial charge in [-0.25, -0.2) is 0 Å². The highest BCUT2D eigenvalue weighted by molar-refractivity contribution is 6.12. The first-order valence-electron chi connectivity index (χ1n) is 3.89. The molecule has 1 rings (SSSR count). The van der Waals surface area contributed by atoms with E-state index in [1.807, 2.05) is 24.3 Å². The fourth-order valence-corrected chi connectivity index (χ4v) is 1.03. The molecule has 0 radical (unpaired) electrons. The molecule has 0 atom stereocenters. The molecule has 2 nitrogen and oxygen atoms in total. The average Bonchev–Trinajstić information content (AvgIpc) is 2.21. The molecule has 13 heavy (non-hydrogen) atoms. The Kier molecular flexibility index (Phi) is 3.10. The molecule has 1 aromatic rings. The van der Waals surface area contributed by atoms with E-state index in [0.29, 0.717) is 5.71 Å². The molecular formula is C11H11NO. The Balaban J connectivity index is 3.00. The minimum absolute atomic E-state index is 0.655. The molecule has 0 fully saturated rings. The summed E-state index contributed by atoms with van der Waals surface area (Å²) in [5, 5.41) is 0.